The van der Waals surface area contributed by atoms with E-state index in [4.69, 9.17) is 4.74 Å². The minimum Gasteiger partial charge on any atom is -0.378 e. The molecule has 0 saturated carbocycles. The van der Waals surface area contributed by atoms with Crippen LogP contribution >= 0.6 is 0 Å². The summed E-state index contributed by atoms with van der Waals surface area (Å²) in [4.78, 5) is 0. The Labute approximate surface area is 104 Å². The Bertz CT molecular complexity index is 306. The van der Waals surface area contributed by atoms with Crippen LogP contribution in [0.2, 0.25) is 0 Å². The molecule has 17 heavy (non-hydrogen) atoms. The molecule has 1 fully saturated rings. The monoisotopic (exact) mass is 264 g/mol. The molecule has 2 N–H and O–H groups in total. The van der Waals surface area contributed by atoms with E-state index in [1.165, 1.54) is 0 Å². The highest BCUT2D eigenvalue weighted by Crippen LogP contribution is 2.19. The van der Waals surface area contributed by atoms with Gasteiger partial charge in [0.1, 0.15) is 0 Å². The van der Waals surface area contributed by atoms with Gasteiger partial charge in [0.15, 0.2) is 0 Å². The Morgan fingerprint density at radius 2 is 2.12 bits per heavy atom. The first-order chi connectivity index (χ1) is 8.05. The van der Waals surface area contributed by atoms with E-state index >= 15 is 0 Å². The van der Waals surface area contributed by atoms with Crippen molar-refractivity contribution >= 4 is 10.0 Å². The number of ether oxygens (including phenoxy) is 1. The van der Waals surface area contributed by atoms with Gasteiger partial charge in [-0.2, -0.15) is 0 Å². The third-order valence-corrected chi connectivity index (χ3v) is 4.42. The molecular formula is C11H24N2O3S. The lowest BCUT2D eigenvalue weighted by molar-refractivity contribution is 0.107. The van der Waals surface area contributed by atoms with Crippen LogP contribution in [-0.4, -0.2) is 46.5 Å². The molecule has 0 spiro atoms. The molecule has 0 amide bonds. The third-order valence-electron chi connectivity index (χ3n) is 3.07. The van der Waals surface area contributed by atoms with Crippen molar-refractivity contribution in [3.63, 3.8) is 0 Å². The average Bonchev–Trinajstić information content (AvgIpc) is 2.68. The standard InChI is InChI=1S/C11H24N2O3S/c1-3-5-12-6-8-17(14,15)13-9-11-4-7-16-10(11)2/h10-13H,3-9H2,1-2H3. The first kappa shape index (κ1) is 14.9. The van der Waals surface area contributed by atoms with E-state index in [1.807, 2.05) is 6.92 Å². The van der Waals surface area contributed by atoms with Gasteiger partial charge in [0.25, 0.3) is 0 Å². The Hall–Kier alpha value is -0.170. The molecule has 1 aliphatic rings. The fourth-order valence-electron chi connectivity index (χ4n) is 1.86. The minimum atomic E-state index is -3.14. The second-order valence-corrected chi connectivity index (χ2v) is 6.47. The van der Waals surface area contributed by atoms with Crippen molar-refractivity contribution in [3.8, 4) is 0 Å². The van der Waals surface area contributed by atoms with Gasteiger partial charge in [-0.25, -0.2) is 13.1 Å². The number of nitrogens with one attached hydrogen (secondary N) is 2. The fraction of sp³-hybridized carbons (Fsp3) is 1.00. The molecule has 1 aliphatic heterocycles. The third kappa shape index (κ3) is 5.81. The summed E-state index contributed by atoms with van der Waals surface area (Å²) in [5.74, 6) is 0.461. The first-order valence-electron chi connectivity index (χ1n) is 6.35. The van der Waals surface area contributed by atoms with Gasteiger partial charge in [0.2, 0.25) is 10.0 Å². The summed E-state index contributed by atoms with van der Waals surface area (Å²) < 4.78 is 31.4. The second kappa shape index (κ2) is 7.31. The predicted octanol–water partition coefficient (Wildman–Crippen LogP) is 0.330. The first-order valence-corrected chi connectivity index (χ1v) is 8.00. The largest absolute Gasteiger partial charge is 0.378 e. The quantitative estimate of drug-likeness (QED) is 0.620. The molecule has 1 saturated heterocycles. The highest BCUT2D eigenvalue weighted by molar-refractivity contribution is 7.89. The number of hydrogen-bond donors (Lipinski definition) is 2. The van der Waals surface area contributed by atoms with Gasteiger partial charge in [-0.1, -0.05) is 6.92 Å². The molecule has 2 unspecified atom stereocenters. The van der Waals surface area contributed by atoms with E-state index in [2.05, 4.69) is 17.0 Å². The SMILES string of the molecule is CCCNCCS(=O)(=O)NCC1CCOC1C. The van der Waals surface area contributed by atoms with E-state index in [0.717, 1.165) is 26.0 Å². The molecule has 2 atom stereocenters. The van der Waals surface area contributed by atoms with Crippen LogP contribution in [0.15, 0.2) is 0 Å². The van der Waals surface area contributed by atoms with Crippen LogP contribution in [0.3, 0.4) is 0 Å². The van der Waals surface area contributed by atoms with Crippen molar-refractivity contribution in [1.29, 1.82) is 0 Å². The van der Waals surface area contributed by atoms with Crippen LogP contribution in [0, 0.1) is 5.92 Å². The number of sulfonamides is 1. The van der Waals surface area contributed by atoms with Gasteiger partial charge in [-0.15, -0.1) is 0 Å². The van der Waals surface area contributed by atoms with Gasteiger partial charge in [0, 0.05) is 25.6 Å². The summed E-state index contributed by atoms with van der Waals surface area (Å²) in [5.41, 5.74) is 0. The summed E-state index contributed by atoms with van der Waals surface area (Å²) in [5, 5.41) is 3.08. The predicted molar refractivity (Wildman–Crippen MR) is 68.5 cm³/mol. The van der Waals surface area contributed by atoms with Crippen LogP contribution < -0.4 is 10.0 Å². The Balaban J connectivity index is 2.19. The average molecular weight is 264 g/mol. The van der Waals surface area contributed by atoms with Gasteiger partial charge in [-0.3, -0.25) is 0 Å². The molecule has 0 aromatic rings. The van der Waals surface area contributed by atoms with E-state index in [-0.39, 0.29) is 11.9 Å². The van der Waals surface area contributed by atoms with Gasteiger partial charge >= 0.3 is 0 Å². The van der Waals surface area contributed by atoms with Gasteiger partial charge < -0.3 is 10.1 Å². The number of hydrogen-bond acceptors (Lipinski definition) is 4. The molecule has 0 aliphatic carbocycles. The van der Waals surface area contributed by atoms with Crippen molar-refractivity contribution in [2.75, 3.05) is 32.0 Å². The summed E-state index contributed by atoms with van der Waals surface area (Å²) in [6.07, 6.45) is 2.12. The lowest BCUT2D eigenvalue weighted by Gasteiger charge is -2.14. The highest BCUT2D eigenvalue weighted by atomic mass is 32.2. The zero-order valence-electron chi connectivity index (χ0n) is 10.7. The van der Waals surface area contributed by atoms with E-state index < -0.39 is 10.0 Å². The number of rotatable bonds is 8. The molecule has 1 rings (SSSR count). The Morgan fingerprint density at radius 1 is 1.35 bits per heavy atom. The van der Waals surface area contributed by atoms with E-state index in [1.54, 1.807) is 0 Å². The zero-order valence-corrected chi connectivity index (χ0v) is 11.6. The Morgan fingerprint density at radius 3 is 2.71 bits per heavy atom. The molecule has 102 valence electrons. The summed E-state index contributed by atoms with van der Waals surface area (Å²) >= 11 is 0. The van der Waals surface area contributed by atoms with Crippen molar-refractivity contribution in [2.24, 2.45) is 5.92 Å². The second-order valence-electron chi connectivity index (χ2n) is 4.54. The molecule has 0 bridgehead atoms. The normalized spacial score (nSPS) is 25.3. The maximum absolute atomic E-state index is 11.7. The maximum atomic E-state index is 11.7. The van der Waals surface area contributed by atoms with Crippen molar-refractivity contribution < 1.29 is 13.2 Å². The summed E-state index contributed by atoms with van der Waals surface area (Å²) in [6, 6.07) is 0. The molecule has 6 heteroatoms. The smallest absolute Gasteiger partial charge is 0.212 e. The Kier molecular flexibility index (Phi) is 6.40. The van der Waals surface area contributed by atoms with Crippen LogP contribution in [0.5, 0.6) is 0 Å². The van der Waals surface area contributed by atoms with Crippen LogP contribution in [-0.2, 0) is 14.8 Å². The molecule has 5 nitrogen and oxygen atoms in total. The van der Waals surface area contributed by atoms with Crippen molar-refractivity contribution in [3.05, 3.63) is 0 Å². The topological polar surface area (TPSA) is 67.4 Å². The molecule has 0 aromatic heterocycles. The minimum absolute atomic E-state index is 0.148. The molecule has 0 radical (unpaired) electrons. The van der Waals surface area contributed by atoms with Crippen LogP contribution in [0.25, 0.3) is 0 Å². The van der Waals surface area contributed by atoms with E-state index in [9.17, 15) is 8.42 Å². The molecule has 1 heterocycles. The molecule has 0 aromatic carbocycles. The van der Waals surface area contributed by atoms with Gasteiger partial charge in [-0.05, 0) is 26.3 Å². The van der Waals surface area contributed by atoms with Gasteiger partial charge in [0.05, 0.1) is 11.9 Å². The van der Waals surface area contributed by atoms with Crippen LogP contribution in [0.4, 0.5) is 0 Å². The molecular weight excluding hydrogens is 240 g/mol. The van der Waals surface area contributed by atoms with Crippen molar-refractivity contribution in [2.45, 2.75) is 32.8 Å². The van der Waals surface area contributed by atoms with E-state index in [0.29, 0.717) is 19.0 Å². The lowest BCUT2D eigenvalue weighted by Crippen LogP contribution is -2.36. The zero-order chi connectivity index (χ0) is 12.7. The summed E-state index contributed by atoms with van der Waals surface area (Å²) in [7, 11) is -3.14. The van der Waals surface area contributed by atoms with Crippen LogP contribution in [0.1, 0.15) is 26.7 Å². The summed E-state index contributed by atoms with van der Waals surface area (Å²) in [6.45, 7) is 6.67. The lowest BCUT2D eigenvalue weighted by atomic mass is 10.0. The fourth-order valence-corrected chi connectivity index (χ4v) is 2.88. The highest BCUT2D eigenvalue weighted by Gasteiger charge is 2.25. The maximum Gasteiger partial charge on any atom is 0.212 e. The van der Waals surface area contributed by atoms with Crippen molar-refractivity contribution in [1.82, 2.24) is 10.0 Å².